The molecule has 0 fully saturated rings. The van der Waals surface area contributed by atoms with Gasteiger partial charge in [-0.3, -0.25) is 0 Å². The first kappa shape index (κ1) is 14.2. The number of sulfonamides is 1. The van der Waals surface area contributed by atoms with E-state index in [0.29, 0.717) is 11.5 Å². The molecule has 0 saturated heterocycles. The molecule has 0 aliphatic carbocycles. The van der Waals surface area contributed by atoms with Gasteiger partial charge in [0.15, 0.2) is 5.76 Å². The van der Waals surface area contributed by atoms with E-state index in [1.807, 2.05) is 13.8 Å². The van der Waals surface area contributed by atoms with Crippen LogP contribution in [0.2, 0.25) is 0 Å². The molecule has 0 aromatic carbocycles. The Morgan fingerprint density at radius 1 is 1.29 bits per heavy atom. The summed E-state index contributed by atoms with van der Waals surface area (Å²) in [6.07, 6.45) is 1.57. The largest absolute Gasteiger partial charge is 0.360 e. The lowest BCUT2D eigenvalue weighted by molar-refractivity contribution is 0.348. The molecule has 5 nitrogen and oxygen atoms in total. The minimum Gasteiger partial charge on any atom is -0.360 e. The Balaban J connectivity index is 3.20. The minimum absolute atomic E-state index is 0.00806. The van der Waals surface area contributed by atoms with Gasteiger partial charge in [0.25, 0.3) is 0 Å². The molecule has 0 aliphatic rings. The fourth-order valence-corrected chi connectivity index (χ4v) is 3.78. The van der Waals surface area contributed by atoms with E-state index in [-0.39, 0.29) is 10.9 Å². The normalized spacial score (nSPS) is 12.6. The van der Waals surface area contributed by atoms with Crippen molar-refractivity contribution in [3.8, 4) is 0 Å². The molecule has 1 aromatic heterocycles. The van der Waals surface area contributed by atoms with Crippen molar-refractivity contribution in [2.75, 3.05) is 7.05 Å². The highest BCUT2D eigenvalue weighted by Gasteiger charge is 2.31. The highest BCUT2D eigenvalue weighted by Crippen LogP contribution is 2.25. The number of hydrogen-bond donors (Lipinski definition) is 0. The Hall–Kier alpha value is -0.880. The highest BCUT2D eigenvalue weighted by atomic mass is 32.2. The lowest BCUT2D eigenvalue weighted by Crippen LogP contribution is -2.36. The second-order valence-corrected chi connectivity index (χ2v) is 6.08. The SMILES string of the molecule is CCC(CC)N(C)S(=O)(=O)c1c(C)noc1C. The summed E-state index contributed by atoms with van der Waals surface area (Å²) in [6, 6.07) is 0.00806. The molecule has 0 aliphatic heterocycles. The minimum atomic E-state index is -3.50. The number of aromatic nitrogens is 1. The lowest BCUT2D eigenvalue weighted by atomic mass is 10.2. The Morgan fingerprint density at radius 2 is 1.82 bits per heavy atom. The van der Waals surface area contributed by atoms with Crippen molar-refractivity contribution in [2.24, 2.45) is 0 Å². The van der Waals surface area contributed by atoms with Crippen LogP contribution in [0.1, 0.15) is 38.1 Å². The van der Waals surface area contributed by atoms with Gasteiger partial charge in [0.2, 0.25) is 10.0 Å². The summed E-state index contributed by atoms with van der Waals surface area (Å²) in [5, 5.41) is 3.69. The van der Waals surface area contributed by atoms with Crippen molar-refractivity contribution in [3.63, 3.8) is 0 Å². The molecule has 0 saturated carbocycles. The fourth-order valence-electron chi connectivity index (χ4n) is 1.99. The molecule has 0 bridgehead atoms. The van der Waals surface area contributed by atoms with Crippen LogP contribution in [0.25, 0.3) is 0 Å². The first-order valence-corrected chi connectivity index (χ1v) is 7.21. The quantitative estimate of drug-likeness (QED) is 0.813. The Morgan fingerprint density at radius 3 is 2.18 bits per heavy atom. The first-order valence-electron chi connectivity index (χ1n) is 5.77. The van der Waals surface area contributed by atoms with E-state index in [1.54, 1.807) is 20.9 Å². The molecule has 0 N–H and O–H groups in total. The molecular weight excluding hydrogens is 240 g/mol. The molecule has 98 valence electrons. The standard InChI is InChI=1S/C11H20N2O3S/c1-6-10(7-2)13(5)17(14,15)11-8(3)12-16-9(11)4/h10H,6-7H2,1-5H3. The number of hydrogen-bond acceptors (Lipinski definition) is 4. The average Bonchev–Trinajstić information content (AvgIpc) is 2.60. The van der Waals surface area contributed by atoms with Crippen LogP contribution in [0.5, 0.6) is 0 Å². The lowest BCUT2D eigenvalue weighted by Gasteiger charge is -2.25. The number of rotatable bonds is 5. The molecule has 1 heterocycles. The number of nitrogens with zero attached hydrogens (tertiary/aromatic N) is 2. The van der Waals surface area contributed by atoms with Crippen molar-refractivity contribution in [1.29, 1.82) is 0 Å². The predicted octanol–water partition coefficient (Wildman–Crippen LogP) is 2.10. The van der Waals surface area contributed by atoms with Crippen LogP contribution in [0.15, 0.2) is 9.42 Å². The van der Waals surface area contributed by atoms with Crippen molar-refractivity contribution in [1.82, 2.24) is 9.46 Å². The molecule has 0 amide bonds. The van der Waals surface area contributed by atoms with Crippen LogP contribution in [0.4, 0.5) is 0 Å². The van der Waals surface area contributed by atoms with Crippen LogP contribution in [0.3, 0.4) is 0 Å². The summed E-state index contributed by atoms with van der Waals surface area (Å²) in [7, 11) is -1.89. The van der Waals surface area contributed by atoms with Gasteiger partial charge in [-0.05, 0) is 26.7 Å². The second kappa shape index (κ2) is 5.18. The van der Waals surface area contributed by atoms with E-state index in [0.717, 1.165) is 12.8 Å². The summed E-state index contributed by atoms with van der Waals surface area (Å²) >= 11 is 0. The van der Waals surface area contributed by atoms with Gasteiger partial charge in [-0.2, -0.15) is 4.31 Å². The first-order chi connectivity index (χ1) is 7.86. The topological polar surface area (TPSA) is 63.4 Å². The molecule has 0 radical (unpaired) electrons. The Bertz CT molecular complexity index is 455. The maximum absolute atomic E-state index is 12.4. The van der Waals surface area contributed by atoms with Crippen LogP contribution >= 0.6 is 0 Å². The van der Waals surface area contributed by atoms with Gasteiger partial charge < -0.3 is 4.52 Å². The van der Waals surface area contributed by atoms with Crippen molar-refractivity contribution >= 4 is 10.0 Å². The van der Waals surface area contributed by atoms with Crippen LogP contribution in [0, 0.1) is 13.8 Å². The third kappa shape index (κ3) is 2.52. The van der Waals surface area contributed by atoms with Gasteiger partial charge in [0.1, 0.15) is 10.6 Å². The second-order valence-electron chi connectivity index (χ2n) is 4.14. The molecule has 0 unspecified atom stereocenters. The molecule has 1 aromatic rings. The summed E-state index contributed by atoms with van der Waals surface area (Å²) in [5.74, 6) is 0.348. The molecule has 17 heavy (non-hydrogen) atoms. The number of aryl methyl sites for hydroxylation is 2. The summed E-state index contributed by atoms with van der Waals surface area (Å²) < 4.78 is 31.2. The molecule has 6 heteroatoms. The van der Waals surface area contributed by atoms with E-state index in [9.17, 15) is 8.42 Å². The van der Waals surface area contributed by atoms with Gasteiger partial charge in [-0.25, -0.2) is 8.42 Å². The highest BCUT2D eigenvalue weighted by molar-refractivity contribution is 7.89. The third-order valence-corrected chi connectivity index (χ3v) is 5.22. The molecular formula is C11H20N2O3S. The van der Waals surface area contributed by atoms with E-state index in [4.69, 9.17) is 4.52 Å². The van der Waals surface area contributed by atoms with Crippen molar-refractivity contribution < 1.29 is 12.9 Å². The van der Waals surface area contributed by atoms with Crippen LogP contribution < -0.4 is 0 Å². The van der Waals surface area contributed by atoms with E-state index < -0.39 is 10.0 Å². The van der Waals surface area contributed by atoms with Gasteiger partial charge in [-0.1, -0.05) is 19.0 Å². The van der Waals surface area contributed by atoms with Crippen molar-refractivity contribution in [2.45, 2.75) is 51.5 Å². The van der Waals surface area contributed by atoms with E-state index in [1.165, 1.54) is 4.31 Å². The van der Waals surface area contributed by atoms with Gasteiger partial charge in [0.05, 0.1) is 0 Å². The molecule has 0 spiro atoms. The Labute approximate surface area is 103 Å². The maximum Gasteiger partial charge on any atom is 0.248 e. The summed E-state index contributed by atoms with van der Waals surface area (Å²) in [4.78, 5) is 0.201. The zero-order chi connectivity index (χ0) is 13.2. The van der Waals surface area contributed by atoms with Crippen molar-refractivity contribution in [3.05, 3.63) is 11.5 Å². The zero-order valence-electron chi connectivity index (χ0n) is 11.0. The smallest absolute Gasteiger partial charge is 0.248 e. The van der Waals surface area contributed by atoms with Gasteiger partial charge in [-0.15, -0.1) is 0 Å². The Kier molecular flexibility index (Phi) is 4.32. The van der Waals surface area contributed by atoms with Crippen LogP contribution in [-0.4, -0.2) is 31.0 Å². The van der Waals surface area contributed by atoms with Gasteiger partial charge in [0, 0.05) is 13.1 Å². The monoisotopic (exact) mass is 260 g/mol. The summed E-state index contributed by atoms with van der Waals surface area (Å²) in [5.41, 5.74) is 0.417. The molecule has 0 atom stereocenters. The van der Waals surface area contributed by atoms with Crippen LogP contribution in [-0.2, 0) is 10.0 Å². The molecule has 1 rings (SSSR count). The predicted molar refractivity (Wildman–Crippen MR) is 65.3 cm³/mol. The third-order valence-electron chi connectivity index (χ3n) is 3.06. The summed E-state index contributed by atoms with van der Waals surface area (Å²) in [6.45, 7) is 7.22. The van der Waals surface area contributed by atoms with Gasteiger partial charge >= 0.3 is 0 Å². The maximum atomic E-state index is 12.4. The van der Waals surface area contributed by atoms with E-state index in [2.05, 4.69) is 5.16 Å². The zero-order valence-corrected chi connectivity index (χ0v) is 11.8. The van der Waals surface area contributed by atoms with E-state index >= 15 is 0 Å². The fraction of sp³-hybridized carbons (Fsp3) is 0.727. The average molecular weight is 260 g/mol.